The van der Waals surface area contributed by atoms with E-state index < -0.39 is 10.7 Å². The highest BCUT2D eigenvalue weighted by Crippen LogP contribution is 2.27. The molecule has 0 aliphatic heterocycles. The number of non-ortho nitro benzene ring substituents is 1. The molecule has 0 spiro atoms. The quantitative estimate of drug-likeness (QED) is 0.229. The number of carbonyl (C=O) groups excluding carboxylic acids is 1. The maximum absolute atomic E-state index is 13.8. The summed E-state index contributed by atoms with van der Waals surface area (Å²) in [6.07, 6.45) is 0. The number of nitro benzene ring substituents is 1. The summed E-state index contributed by atoms with van der Waals surface area (Å²) in [7, 11) is 0. The fourth-order valence-corrected chi connectivity index (χ4v) is 3.87. The van der Waals surface area contributed by atoms with Crippen LogP contribution in [0.4, 0.5) is 15.8 Å². The van der Waals surface area contributed by atoms with Crippen molar-refractivity contribution in [3.8, 4) is 11.4 Å². The van der Waals surface area contributed by atoms with Gasteiger partial charge >= 0.3 is 0 Å². The van der Waals surface area contributed by atoms with Gasteiger partial charge in [-0.15, -0.1) is 10.2 Å². The number of benzene rings is 3. The topological polar surface area (TPSA) is 103 Å². The highest BCUT2D eigenvalue weighted by molar-refractivity contribution is 7.99. The molecule has 1 amide bonds. The number of para-hydroxylation sites is 1. The van der Waals surface area contributed by atoms with Gasteiger partial charge in [0.2, 0.25) is 5.91 Å². The van der Waals surface area contributed by atoms with Crippen LogP contribution in [0.1, 0.15) is 5.56 Å². The van der Waals surface area contributed by atoms with Crippen LogP contribution in [-0.2, 0) is 11.3 Å². The summed E-state index contributed by atoms with van der Waals surface area (Å²) in [6, 6.07) is 21.7. The van der Waals surface area contributed by atoms with Crippen molar-refractivity contribution in [3.63, 3.8) is 0 Å². The molecular formula is C23H18FN5O3S. The van der Waals surface area contributed by atoms with E-state index in [-0.39, 0.29) is 23.0 Å². The molecule has 0 fully saturated rings. The Hall–Kier alpha value is -4.05. The minimum absolute atomic E-state index is 0.00151. The number of nitrogens with one attached hydrogen (secondary N) is 1. The predicted molar refractivity (Wildman–Crippen MR) is 123 cm³/mol. The Morgan fingerprint density at radius 1 is 1.00 bits per heavy atom. The zero-order chi connectivity index (χ0) is 23.2. The number of carbonyl (C=O) groups is 1. The third-order valence-electron chi connectivity index (χ3n) is 4.72. The van der Waals surface area contributed by atoms with Crippen LogP contribution in [0, 0.1) is 15.9 Å². The molecule has 0 aliphatic rings. The van der Waals surface area contributed by atoms with Gasteiger partial charge in [-0.3, -0.25) is 19.5 Å². The third kappa shape index (κ3) is 5.42. The van der Waals surface area contributed by atoms with Crippen LogP contribution >= 0.6 is 11.8 Å². The summed E-state index contributed by atoms with van der Waals surface area (Å²) in [5, 5.41) is 22.5. The van der Waals surface area contributed by atoms with Gasteiger partial charge in [0, 0.05) is 17.7 Å². The molecule has 0 atom stereocenters. The van der Waals surface area contributed by atoms with Crippen molar-refractivity contribution in [2.24, 2.45) is 0 Å². The van der Waals surface area contributed by atoms with Gasteiger partial charge in [-0.2, -0.15) is 0 Å². The molecule has 1 aromatic heterocycles. The maximum Gasteiger partial charge on any atom is 0.269 e. The van der Waals surface area contributed by atoms with Gasteiger partial charge < -0.3 is 5.32 Å². The van der Waals surface area contributed by atoms with Gasteiger partial charge in [0.05, 0.1) is 22.9 Å². The summed E-state index contributed by atoms with van der Waals surface area (Å²) in [5.74, 6) is -0.368. The second kappa shape index (κ2) is 10.0. The number of halogens is 1. The Bertz CT molecular complexity index is 1280. The van der Waals surface area contributed by atoms with Crippen LogP contribution in [-0.4, -0.2) is 31.3 Å². The van der Waals surface area contributed by atoms with Crippen molar-refractivity contribution in [1.29, 1.82) is 0 Å². The molecule has 1 N–H and O–H groups in total. The fourth-order valence-electron chi connectivity index (χ4n) is 3.13. The number of hydrogen-bond acceptors (Lipinski definition) is 6. The summed E-state index contributed by atoms with van der Waals surface area (Å²) in [4.78, 5) is 22.9. The monoisotopic (exact) mass is 463 g/mol. The number of rotatable bonds is 8. The maximum atomic E-state index is 13.8. The van der Waals surface area contributed by atoms with Crippen LogP contribution < -0.4 is 5.32 Å². The largest absolute Gasteiger partial charge is 0.323 e. The lowest BCUT2D eigenvalue weighted by Gasteiger charge is -2.11. The van der Waals surface area contributed by atoms with Gasteiger partial charge in [-0.05, 0) is 29.8 Å². The van der Waals surface area contributed by atoms with E-state index in [0.717, 1.165) is 5.56 Å². The molecule has 0 bridgehead atoms. The summed E-state index contributed by atoms with van der Waals surface area (Å²) in [6.45, 7) is 0.442. The van der Waals surface area contributed by atoms with Crippen LogP contribution in [0.15, 0.2) is 84.0 Å². The SMILES string of the molecule is O=C(CSc1nnc(-c2ccc([N+](=O)[O-])cc2)n1Cc1ccccc1)Nc1ccccc1F. The Kier molecular flexibility index (Phi) is 6.75. The molecular weight excluding hydrogens is 445 g/mol. The average Bonchev–Trinajstić information content (AvgIpc) is 3.22. The number of amides is 1. The number of hydrogen-bond donors (Lipinski definition) is 1. The molecule has 0 saturated heterocycles. The first kappa shape index (κ1) is 22.2. The van der Waals surface area contributed by atoms with Crippen molar-refractivity contribution in [3.05, 3.63) is 100 Å². The molecule has 10 heteroatoms. The first-order chi connectivity index (χ1) is 16.0. The number of nitro groups is 1. The molecule has 166 valence electrons. The summed E-state index contributed by atoms with van der Waals surface area (Å²) < 4.78 is 15.6. The Balaban J connectivity index is 1.57. The van der Waals surface area contributed by atoms with Crippen LogP contribution in [0.25, 0.3) is 11.4 Å². The first-order valence-electron chi connectivity index (χ1n) is 9.90. The Morgan fingerprint density at radius 3 is 2.39 bits per heavy atom. The van der Waals surface area contributed by atoms with Gasteiger partial charge in [0.1, 0.15) is 5.82 Å². The van der Waals surface area contributed by atoms with E-state index in [1.54, 1.807) is 24.3 Å². The molecule has 1 heterocycles. The lowest BCUT2D eigenvalue weighted by molar-refractivity contribution is -0.384. The van der Waals surface area contributed by atoms with E-state index in [1.807, 2.05) is 34.9 Å². The van der Waals surface area contributed by atoms with E-state index in [4.69, 9.17) is 0 Å². The second-order valence-electron chi connectivity index (χ2n) is 7.00. The van der Waals surface area contributed by atoms with Crippen molar-refractivity contribution in [2.75, 3.05) is 11.1 Å². The number of aromatic nitrogens is 3. The molecule has 0 radical (unpaired) electrons. The first-order valence-corrected chi connectivity index (χ1v) is 10.9. The average molecular weight is 463 g/mol. The van der Waals surface area contributed by atoms with Crippen LogP contribution in [0.3, 0.4) is 0 Å². The fraction of sp³-hybridized carbons (Fsp3) is 0.0870. The van der Waals surface area contributed by atoms with Crippen molar-refractivity contribution < 1.29 is 14.1 Å². The molecule has 4 rings (SSSR count). The van der Waals surface area contributed by atoms with Crippen molar-refractivity contribution in [2.45, 2.75) is 11.7 Å². The molecule has 0 saturated carbocycles. The molecule has 0 aliphatic carbocycles. The summed E-state index contributed by atoms with van der Waals surface area (Å²) >= 11 is 1.17. The van der Waals surface area contributed by atoms with Gasteiger partial charge in [0.25, 0.3) is 5.69 Å². The number of nitrogens with zero attached hydrogens (tertiary/aromatic N) is 4. The third-order valence-corrected chi connectivity index (χ3v) is 5.68. The van der Waals surface area contributed by atoms with Gasteiger partial charge in [0.15, 0.2) is 11.0 Å². The molecule has 8 nitrogen and oxygen atoms in total. The highest BCUT2D eigenvalue weighted by atomic mass is 32.2. The second-order valence-corrected chi connectivity index (χ2v) is 7.94. The minimum atomic E-state index is -0.511. The summed E-state index contributed by atoms with van der Waals surface area (Å²) in [5.41, 5.74) is 1.75. The van der Waals surface area contributed by atoms with E-state index in [2.05, 4.69) is 15.5 Å². The molecule has 4 aromatic rings. The van der Waals surface area contributed by atoms with Gasteiger partial charge in [-0.1, -0.05) is 54.2 Å². The van der Waals surface area contributed by atoms with Crippen LogP contribution in [0.5, 0.6) is 0 Å². The predicted octanol–water partition coefficient (Wildman–Crippen LogP) is 4.77. The van der Waals surface area contributed by atoms with E-state index in [1.165, 1.54) is 36.0 Å². The minimum Gasteiger partial charge on any atom is -0.323 e. The lowest BCUT2D eigenvalue weighted by atomic mass is 10.2. The van der Waals surface area contributed by atoms with Gasteiger partial charge in [-0.25, -0.2) is 4.39 Å². The molecule has 3 aromatic carbocycles. The standard InChI is InChI=1S/C23H18FN5O3S/c24-19-8-4-5-9-20(19)25-21(30)15-33-23-27-26-22(17-10-12-18(13-11-17)29(31)32)28(23)14-16-6-2-1-3-7-16/h1-13H,14-15H2,(H,25,30). The Morgan fingerprint density at radius 2 is 1.70 bits per heavy atom. The zero-order valence-electron chi connectivity index (χ0n) is 17.2. The normalized spacial score (nSPS) is 10.7. The van der Waals surface area contributed by atoms with E-state index in [9.17, 15) is 19.3 Å². The number of anilines is 1. The van der Waals surface area contributed by atoms with E-state index >= 15 is 0 Å². The molecule has 33 heavy (non-hydrogen) atoms. The number of thioether (sulfide) groups is 1. The highest BCUT2D eigenvalue weighted by Gasteiger charge is 2.17. The van der Waals surface area contributed by atoms with Crippen LogP contribution in [0.2, 0.25) is 0 Å². The lowest BCUT2D eigenvalue weighted by Crippen LogP contribution is -2.15. The Labute approximate surface area is 192 Å². The van der Waals surface area contributed by atoms with Crippen molar-refractivity contribution in [1.82, 2.24) is 14.8 Å². The smallest absolute Gasteiger partial charge is 0.269 e. The zero-order valence-corrected chi connectivity index (χ0v) is 18.0. The molecule has 0 unspecified atom stereocenters. The van der Waals surface area contributed by atoms with E-state index in [0.29, 0.717) is 23.1 Å². The van der Waals surface area contributed by atoms with Crippen molar-refractivity contribution >= 4 is 29.0 Å².